The molecule has 21 heavy (non-hydrogen) atoms. The fraction of sp³-hybridized carbons (Fsp3) is 0.357. The summed E-state index contributed by atoms with van der Waals surface area (Å²) in [6, 6.07) is 5.06. The Hall–Kier alpha value is -1.53. The van der Waals surface area contributed by atoms with Crippen molar-refractivity contribution in [1.82, 2.24) is 9.55 Å². The van der Waals surface area contributed by atoms with Crippen molar-refractivity contribution in [3.05, 3.63) is 40.7 Å². The average molecular weight is 316 g/mol. The molecule has 0 saturated heterocycles. The smallest absolute Gasteiger partial charge is 0.326 e. The van der Waals surface area contributed by atoms with Gasteiger partial charge in [0.15, 0.2) is 5.15 Å². The molecule has 1 aliphatic heterocycles. The molecule has 1 aromatic carbocycles. The molecule has 1 atom stereocenters. The highest BCUT2D eigenvalue weighted by Gasteiger charge is 2.31. The third kappa shape index (κ3) is 2.65. The van der Waals surface area contributed by atoms with E-state index in [1.54, 1.807) is 6.07 Å². The number of hydrogen-bond donors (Lipinski definition) is 1. The van der Waals surface area contributed by atoms with Gasteiger partial charge in [-0.25, -0.2) is 4.98 Å². The molecule has 3 nitrogen and oxygen atoms in total. The Balaban J connectivity index is 2.10. The Kier molecular flexibility index (Phi) is 3.45. The minimum Gasteiger partial charge on any atom is -0.326 e. The van der Waals surface area contributed by atoms with Crippen LogP contribution in [-0.4, -0.2) is 15.6 Å². The van der Waals surface area contributed by atoms with Crippen molar-refractivity contribution in [1.29, 1.82) is 0 Å². The second-order valence-corrected chi connectivity index (χ2v) is 5.52. The largest absolute Gasteiger partial charge is 0.416 e. The quantitative estimate of drug-likeness (QED) is 0.875. The Morgan fingerprint density at radius 3 is 2.81 bits per heavy atom. The van der Waals surface area contributed by atoms with E-state index in [0.717, 1.165) is 24.2 Å². The number of nitrogens with zero attached hydrogens (tertiary/aromatic N) is 2. The summed E-state index contributed by atoms with van der Waals surface area (Å²) in [6.07, 6.45) is -2.90. The first-order valence-electron chi connectivity index (χ1n) is 6.54. The lowest BCUT2D eigenvalue weighted by molar-refractivity contribution is -0.137. The van der Waals surface area contributed by atoms with Crippen LogP contribution in [0.25, 0.3) is 11.4 Å². The van der Waals surface area contributed by atoms with E-state index < -0.39 is 11.7 Å². The van der Waals surface area contributed by atoms with Crippen LogP contribution in [0.2, 0.25) is 5.15 Å². The molecular weight excluding hydrogens is 303 g/mol. The van der Waals surface area contributed by atoms with Gasteiger partial charge in [-0.05, 0) is 25.0 Å². The van der Waals surface area contributed by atoms with Gasteiger partial charge in [-0.2, -0.15) is 13.2 Å². The van der Waals surface area contributed by atoms with Crippen molar-refractivity contribution in [2.24, 2.45) is 5.73 Å². The van der Waals surface area contributed by atoms with Crippen LogP contribution >= 0.6 is 11.6 Å². The molecule has 7 heteroatoms. The number of fused-ring (bicyclic) bond motifs is 1. The Bertz CT molecular complexity index is 679. The highest BCUT2D eigenvalue weighted by Crippen LogP contribution is 2.34. The molecule has 1 aromatic heterocycles. The van der Waals surface area contributed by atoms with Crippen molar-refractivity contribution >= 4 is 11.6 Å². The maximum atomic E-state index is 12.8. The molecule has 0 amide bonds. The number of hydrogen-bond acceptors (Lipinski definition) is 2. The maximum Gasteiger partial charge on any atom is 0.416 e. The van der Waals surface area contributed by atoms with Gasteiger partial charge < -0.3 is 10.3 Å². The summed E-state index contributed by atoms with van der Waals surface area (Å²) in [6.45, 7) is 0.515. The maximum absolute atomic E-state index is 12.8. The van der Waals surface area contributed by atoms with Crippen LogP contribution in [0.4, 0.5) is 13.2 Å². The number of nitrogens with two attached hydrogens (primary N) is 1. The SMILES string of the molecule is NC1CCc2c(Cl)nc(-c3cccc(C(F)(F)F)c3)n2C1. The predicted molar refractivity (Wildman–Crippen MR) is 74.0 cm³/mol. The molecule has 2 N–H and O–H groups in total. The fourth-order valence-corrected chi connectivity index (χ4v) is 2.87. The molecule has 0 fully saturated rings. The molecule has 112 valence electrons. The third-order valence-electron chi connectivity index (χ3n) is 3.64. The fourth-order valence-electron chi connectivity index (χ4n) is 2.59. The Morgan fingerprint density at radius 2 is 2.10 bits per heavy atom. The van der Waals surface area contributed by atoms with Crippen LogP contribution in [0.15, 0.2) is 24.3 Å². The van der Waals surface area contributed by atoms with E-state index >= 15 is 0 Å². The Morgan fingerprint density at radius 1 is 1.33 bits per heavy atom. The topological polar surface area (TPSA) is 43.8 Å². The van der Waals surface area contributed by atoms with E-state index in [1.165, 1.54) is 6.07 Å². The molecule has 0 radical (unpaired) electrons. The number of rotatable bonds is 1. The van der Waals surface area contributed by atoms with Crippen LogP contribution < -0.4 is 5.73 Å². The van der Waals surface area contributed by atoms with Crippen LogP contribution in [0, 0.1) is 0 Å². The van der Waals surface area contributed by atoms with Crippen molar-refractivity contribution in [2.45, 2.75) is 31.6 Å². The van der Waals surface area contributed by atoms with Gasteiger partial charge in [-0.3, -0.25) is 0 Å². The minimum atomic E-state index is -4.38. The molecule has 0 saturated carbocycles. The van der Waals surface area contributed by atoms with Crippen LogP contribution in [0.3, 0.4) is 0 Å². The van der Waals surface area contributed by atoms with Crippen LogP contribution in [-0.2, 0) is 19.1 Å². The third-order valence-corrected chi connectivity index (χ3v) is 3.94. The molecule has 1 aliphatic rings. The van der Waals surface area contributed by atoms with Gasteiger partial charge in [0.25, 0.3) is 0 Å². The summed E-state index contributed by atoms with van der Waals surface area (Å²) in [5.41, 5.74) is 6.47. The number of aromatic nitrogens is 2. The predicted octanol–water partition coefficient (Wildman–Crippen LogP) is 3.50. The van der Waals surface area contributed by atoms with Crippen molar-refractivity contribution in [3.63, 3.8) is 0 Å². The average Bonchev–Trinajstić information content (AvgIpc) is 2.75. The normalized spacial score (nSPS) is 18.6. The Labute approximate surface area is 124 Å². The summed E-state index contributed by atoms with van der Waals surface area (Å²) >= 11 is 6.10. The molecule has 3 rings (SSSR count). The number of halogens is 4. The first kappa shape index (κ1) is 14.4. The molecule has 2 aromatic rings. The van der Waals surface area contributed by atoms with Crippen LogP contribution in [0.5, 0.6) is 0 Å². The summed E-state index contributed by atoms with van der Waals surface area (Å²) in [4.78, 5) is 4.23. The van der Waals surface area contributed by atoms with Gasteiger partial charge in [-0.15, -0.1) is 0 Å². The summed E-state index contributed by atoms with van der Waals surface area (Å²) < 4.78 is 40.3. The lowest BCUT2D eigenvalue weighted by Gasteiger charge is -2.22. The molecule has 0 aliphatic carbocycles. The molecule has 2 heterocycles. The zero-order valence-corrected chi connectivity index (χ0v) is 11.7. The summed E-state index contributed by atoms with van der Waals surface area (Å²) in [7, 11) is 0. The second-order valence-electron chi connectivity index (χ2n) is 5.16. The van der Waals surface area contributed by atoms with E-state index in [4.69, 9.17) is 17.3 Å². The van der Waals surface area contributed by atoms with E-state index in [2.05, 4.69) is 4.98 Å². The monoisotopic (exact) mass is 315 g/mol. The van der Waals surface area contributed by atoms with Gasteiger partial charge >= 0.3 is 6.18 Å². The second kappa shape index (κ2) is 5.03. The molecule has 1 unspecified atom stereocenters. The van der Waals surface area contributed by atoms with E-state index in [-0.39, 0.29) is 6.04 Å². The molecule has 0 bridgehead atoms. The van der Waals surface area contributed by atoms with E-state index in [1.807, 2.05) is 4.57 Å². The van der Waals surface area contributed by atoms with Crippen molar-refractivity contribution in [2.75, 3.05) is 0 Å². The number of alkyl halides is 3. The minimum absolute atomic E-state index is 0.0349. The van der Waals surface area contributed by atoms with Crippen LogP contribution in [0.1, 0.15) is 17.7 Å². The van der Waals surface area contributed by atoms with Gasteiger partial charge in [0.2, 0.25) is 0 Å². The van der Waals surface area contributed by atoms with Gasteiger partial charge in [0.1, 0.15) is 5.82 Å². The number of imidazole rings is 1. The zero-order valence-electron chi connectivity index (χ0n) is 11.0. The standard InChI is InChI=1S/C14H13ClF3N3/c15-12-11-5-4-10(19)7-21(11)13(20-12)8-2-1-3-9(6-8)14(16,17)18/h1-3,6,10H,4-5,7,19H2. The van der Waals surface area contributed by atoms with E-state index in [0.29, 0.717) is 29.5 Å². The van der Waals surface area contributed by atoms with E-state index in [9.17, 15) is 13.2 Å². The van der Waals surface area contributed by atoms with Crippen molar-refractivity contribution in [3.8, 4) is 11.4 Å². The van der Waals surface area contributed by atoms with Gasteiger partial charge in [0, 0.05) is 18.2 Å². The summed E-state index contributed by atoms with van der Waals surface area (Å²) in [5, 5.41) is 0.342. The zero-order chi connectivity index (χ0) is 15.2. The number of benzene rings is 1. The highest BCUT2D eigenvalue weighted by atomic mass is 35.5. The first-order chi connectivity index (χ1) is 9.86. The lowest BCUT2D eigenvalue weighted by Crippen LogP contribution is -2.32. The first-order valence-corrected chi connectivity index (χ1v) is 6.92. The summed E-state index contributed by atoms with van der Waals surface area (Å²) in [5.74, 6) is 0.441. The lowest BCUT2D eigenvalue weighted by atomic mass is 10.1. The van der Waals surface area contributed by atoms with Gasteiger partial charge in [-0.1, -0.05) is 23.7 Å². The van der Waals surface area contributed by atoms with Gasteiger partial charge in [0.05, 0.1) is 11.3 Å². The molecular formula is C14H13ClF3N3. The highest BCUT2D eigenvalue weighted by molar-refractivity contribution is 6.30. The molecule has 0 spiro atoms. The van der Waals surface area contributed by atoms with Crippen molar-refractivity contribution < 1.29 is 13.2 Å².